The zero-order chi connectivity index (χ0) is 13.5. The summed E-state index contributed by atoms with van der Waals surface area (Å²) in [6.45, 7) is 2.24. The molecule has 1 aromatic carbocycles. The predicted octanol–water partition coefficient (Wildman–Crippen LogP) is 2.24. The number of hydrogen-bond donors (Lipinski definition) is 2. The molecule has 0 aliphatic rings. The van der Waals surface area contributed by atoms with Gasteiger partial charge in [-0.2, -0.15) is 0 Å². The summed E-state index contributed by atoms with van der Waals surface area (Å²) in [6, 6.07) is 4.90. The van der Waals surface area contributed by atoms with E-state index in [-0.39, 0.29) is 12.0 Å². The second kappa shape index (κ2) is 7.24. The average molecular weight is 272 g/mol. The average Bonchev–Trinajstić information content (AvgIpc) is 2.34. The maximum atomic E-state index is 11.9. The standard InChI is InChI=1S/C13H18ClNO3/c1-9(16)4-3-7-15-13(17)11-8-10(14)5-6-12(11)18-2/h5-6,8-9,16H,3-4,7H2,1-2H3,(H,15,17). The summed E-state index contributed by atoms with van der Waals surface area (Å²) in [7, 11) is 1.51. The SMILES string of the molecule is COc1ccc(Cl)cc1C(=O)NCCCC(C)O. The second-order valence-electron chi connectivity index (χ2n) is 4.09. The fourth-order valence-electron chi connectivity index (χ4n) is 1.55. The minimum absolute atomic E-state index is 0.222. The van der Waals surface area contributed by atoms with E-state index in [4.69, 9.17) is 21.4 Å². The number of carbonyl (C=O) groups excluding carboxylic acids is 1. The molecule has 0 heterocycles. The van der Waals surface area contributed by atoms with E-state index in [1.807, 2.05) is 0 Å². The lowest BCUT2D eigenvalue weighted by Gasteiger charge is -2.10. The van der Waals surface area contributed by atoms with Crippen molar-refractivity contribution >= 4 is 17.5 Å². The molecule has 5 heteroatoms. The van der Waals surface area contributed by atoms with Crippen LogP contribution in [-0.2, 0) is 0 Å². The Hall–Kier alpha value is -1.26. The van der Waals surface area contributed by atoms with Crippen LogP contribution in [0.5, 0.6) is 5.75 Å². The first kappa shape index (κ1) is 14.8. The smallest absolute Gasteiger partial charge is 0.255 e. The van der Waals surface area contributed by atoms with Gasteiger partial charge in [-0.3, -0.25) is 4.79 Å². The van der Waals surface area contributed by atoms with Crippen molar-refractivity contribution in [3.63, 3.8) is 0 Å². The fourth-order valence-corrected chi connectivity index (χ4v) is 1.72. The van der Waals surface area contributed by atoms with Crippen molar-refractivity contribution in [1.29, 1.82) is 0 Å². The number of rotatable bonds is 6. The molecule has 18 heavy (non-hydrogen) atoms. The van der Waals surface area contributed by atoms with Crippen molar-refractivity contribution in [1.82, 2.24) is 5.32 Å². The molecule has 0 fully saturated rings. The van der Waals surface area contributed by atoms with Gasteiger partial charge in [0.1, 0.15) is 5.75 Å². The van der Waals surface area contributed by atoms with Gasteiger partial charge in [0.05, 0.1) is 18.8 Å². The number of benzene rings is 1. The van der Waals surface area contributed by atoms with E-state index in [9.17, 15) is 4.79 Å². The van der Waals surface area contributed by atoms with Crippen LogP contribution in [-0.4, -0.2) is 30.8 Å². The molecule has 4 nitrogen and oxygen atoms in total. The number of methoxy groups -OCH3 is 1. The molecule has 0 saturated heterocycles. The molecule has 0 radical (unpaired) electrons. The van der Waals surface area contributed by atoms with Crippen molar-refractivity contribution in [2.75, 3.05) is 13.7 Å². The van der Waals surface area contributed by atoms with Gasteiger partial charge in [-0.15, -0.1) is 0 Å². The highest BCUT2D eigenvalue weighted by molar-refractivity contribution is 6.31. The molecule has 1 aromatic rings. The molecule has 0 spiro atoms. The molecule has 100 valence electrons. The topological polar surface area (TPSA) is 58.6 Å². The number of nitrogens with one attached hydrogen (secondary N) is 1. The van der Waals surface area contributed by atoms with Crippen molar-refractivity contribution in [2.24, 2.45) is 0 Å². The lowest BCUT2D eigenvalue weighted by atomic mass is 10.1. The summed E-state index contributed by atoms with van der Waals surface area (Å²) in [5, 5.41) is 12.4. The number of ether oxygens (including phenoxy) is 1. The third kappa shape index (κ3) is 4.55. The van der Waals surface area contributed by atoms with E-state index in [1.165, 1.54) is 7.11 Å². The number of halogens is 1. The summed E-state index contributed by atoms with van der Waals surface area (Å²) in [5.74, 6) is 0.271. The Morgan fingerprint density at radius 2 is 2.28 bits per heavy atom. The first-order chi connectivity index (χ1) is 8.54. The Labute approximate surface area is 112 Å². The molecule has 0 aliphatic heterocycles. The van der Waals surface area contributed by atoms with Gasteiger partial charge in [-0.1, -0.05) is 11.6 Å². The predicted molar refractivity (Wildman–Crippen MR) is 71.3 cm³/mol. The molecule has 1 atom stereocenters. The first-order valence-corrected chi connectivity index (χ1v) is 6.22. The normalized spacial score (nSPS) is 12.0. The third-order valence-corrected chi connectivity index (χ3v) is 2.73. The quantitative estimate of drug-likeness (QED) is 0.780. The zero-order valence-electron chi connectivity index (χ0n) is 10.6. The number of aliphatic hydroxyl groups excluding tert-OH is 1. The highest BCUT2D eigenvalue weighted by atomic mass is 35.5. The van der Waals surface area contributed by atoms with Crippen LogP contribution < -0.4 is 10.1 Å². The highest BCUT2D eigenvalue weighted by Crippen LogP contribution is 2.22. The Bertz CT molecular complexity index is 407. The van der Waals surface area contributed by atoms with Gasteiger partial charge in [0, 0.05) is 11.6 Å². The summed E-state index contributed by atoms with van der Waals surface area (Å²) in [4.78, 5) is 11.9. The maximum Gasteiger partial charge on any atom is 0.255 e. The van der Waals surface area contributed by atoms with Gasteiger partial charge < -0.3 is 15.2 Å². The van der Waals surface area contributed by atoms with Crippen LogP contribution in [0.15, 0.2) is 18.2 Å². The first-order valence-electron chi connectivity index (χ1n) is 5.84. The Balaban J connectivity index is 2.58. The summed E-state index contributed by atoms with van der Waals surface area (Å²) < 4.78 is 5.11. The van der Waals surface area contributed by atoms with Gasteiger partial charge in [0.25, 0.3) is 5.91 Å². The molecule has 0 bridgehead atoms. The molecular formula is C13H18ClNO3. The van der Waals surface area contributed by atoms with Crippen LogP contribution in [0.2, 0.25) is 5.02 Å². The van der Waals surface area contributed by atoms with Crippen LogP contribution in [0, 0.1) is 0 Å². The van der Waals surface area contributed by atoms with Crippen LogP contribution in [0.25, 0.3) is 0 Å². The lowest BCUT2D eigenvalue weighted by Crippen LogP contribution is -2.25. The Morgan fingerprint density at radius 1 is 1.56 bits per heavy atom. The molecule has 1 amide bonds. The van der Waals surface area contributed by atoms with E-state index in [0.717, 1.165) is 6.42 Å². The molecule has 0 aliphatic carbocycles. The van der Waals surface area contributed by atoms with Gasteiger partial charge in [0.2, 0.25) is 0 Å². The largest absolute Gasteiger partial charge is 0.496 e. The number of amides is 1. The minimum Gasteiger partial charge on any atom is -0.496 e. The van der Waals surface area contributed by atoms with E-state index in [1.54, 1.807) is 25.1 Å². The molecule has 2 N–H and O–H groups in total. The van der Waals surface area contributed by atoms with Gasteiger partial charge in [0.15, 0.2) is 0 Å². The Kier molecular flexibility index (Phi) is 5.95. The van der Waals surface area contributed by atoms with E-state index in [2.05, 4.69) is 5.32 Å². The monoisotopic (exact) mass is 271 g/mol. The van der Waals surface area contributed by atoms with Crippen molar-refractivity contribution in [3.8, 4) is 5.75 Å². The zero-order valence-corrected chi connectivity index (χ0v) is 11.3. The summed E-state index contributed by atoms with van der Waals surface area (Å²) >= 11 is 5.85. The Morgan fingerprint density at radius 3 is 2.89 bits per heavy atom. The van der Waals surface area contributed by atoms with Crippen molar-refractivity contribution < 1.29 is 14.6 Å². The van der Waals surface area contributed by atoms with Crippen LogP contribution in [0.3, 0.4) is 0 Å². The maximum absolute atomic E-state index is 11.9. The van der Waals surface area contributed by atoms with Gasteiger partial charge in [-0.25, -0.2) is 0 Å². The summed E-state index contributed by atoms with van der Waals surface area (Å²) in [6.07, 6.45) is 1.04. The second-order valence-corrected chi connectivity index (χ2v) is 4.53. The molecule has 0 aromatic heterocycles. The minimum atomic E-state index is -0.345. The van der Waals surface area contributed by atoms with Gasteiger partial charge >= 0.3 is 0 Å². The van der Waals surface area contributed by atoms with Crippen molar-refractivity contribution in [3.05, 3.63) is 28.8 Å². The van der Waals surface area contributed by atoms with Crippen LogP contribution in [0.4, 0.5) is 0 Å². The molecule has 0 saturated carbocycles. The van der Waals surface area contributed by atoms with E-state index >= 15 is 0 Å². The lowest BCUT2D eigenvalue weighted by molar-refractivity contribution is 0.0946. The third-order valence-electron chi connectivity index (χ3n) is 2.49. The highest BCUT2D eigenvalue weighted by Gasteiger charge is 2.12. The van der Waals surface area contributed by atoms with E-state index < -0.39 is 0 Å². The molecule has 1 unspecified atom stereocenters. The fraction of sp³-hybridized carbons (Fsp3) is 0.462. The number of hydrogen-bond acceptors (Lipinski definition) is 3. The van der Waals surface area contributed by atoms with Crippen molar-refractivity contribution in [2.45, 2.75) is 25.9 Å². The summed E-state index contributed by atoms with van der Waals surface area (Å²) in [5.41, 5.74) is 0.419. The van der Waals surface area contributed by atoms with E-state index in [0.29, 0.717) is 29.3 Å². The molecular weight excluding hydrogens is 254 g/mol. The number of aliphatic hydroxyl groups is 1. The van der Waals surface area contributed by atoms with Crippen LogP contribution >= 0.6 is 11.6 Å². The number of carbonyl (C=O) groups is 1. The van der Waals surface area contributed by atoms with Crippen LogP contribution in [0.1, 0.15) is 30.1 Å². The van der Waals surface area contributed by atoms with Gasteiger partial charge in [-0.05, 0) is 38.0 Å². The molecule has 1 rings (SSSR count).